The Morgan fingerprint density at radius 3 is 2.22 bits per heavy atom. The summed E-state index contributed by atoms with van der Waals surface area (Å²) in [5.74, 6) is -1.54. The largest absolute Gasteiger partial charge is 0.481 e. The van der Waals surface area contributed by atoms with Crippen molar-refractivity contribution in [3.63, 3.8) is 0 Å². The second-order valence-electron chi connectivity index (χ2n) is 12.3. The number of hydrogen-bond acceptors (Lipinski definition) is 6. The summed E-state index contributed by atoms with van der Waals surface area (Å²) in [6, 6.07) is 4.14. The lowest BCUT2D eigenvalue weighted by atomic mass is 10.1. The molecular formula is C36H59FN4O8. The van der Waals surface area contributed by atoms with E-state index in [1.165, 1.54) is 35.1 Å². The van der Waals surface area contributed by atoms with Crippen LogP contribution in [0, 0.1) is 17.7 Å². The van der Waals surface area contributed by atoms with E-state index in [1.54, 1.807) is 32.9 Å². The third-order valence-corrected chi connectivity index (χ3v) is 7.40. The van der Waals surface area contributed by atoms with Crippen LogP contribution in [0.25, 0.3) is 0 Å². The Hall–Kier alpha value is -4.16. The summed E-state index contributed by atoms with van der Waals surface area (Å²) >= 11 is 0. The Morgan fingerprint density at radius 2 is 1.71 bits per heavy atom. The zero-order valence-corrected chi connectivity index (χ0v) is 30.6. The smallest absolute Gasteiger partial charge is 0.408 e. The fourth-order valence-corrected chi connectivity index (χ4v) is 4.94. The van der Waals surface area contributed by atoms with Crippen LogP contribution in [0.4, 0.5) is 14.0 Å². The maximum atomic E-state index is 13.1. The summed E-state index contributed by atoms with van der Waals surface area (Å²) in [7, 11) is 0. The molecule has 2 aliphatic heterocycles. The van der Waals surface area contributed by atoms with E-state index in [0.29, 0.717) is 31.0 Å². The number of amides is 4. The highest BCUT2D eigenvalue weighted by Crippen LogP contribution is 2.39. The number of carbonyl (C=O) groups is 5. The van der Waals surface area contributed by atoms with Gasteiger partial charge in [-0.25, -0.2) is 14.0 Å². The Kier molecular flexibility index (Phi) is 21.3. The predicted octanol–water partition coefficient (Wildman–Crippen LogP) is 6.70. The van der Waals surface area contributed by atoms with E-state index in [1.807, 2.05) is 27.7 Å². The van der Waals surface area contributed by atoms with Crippen LogP contribution in [0.5, 0.6) is 0 Å². The first-order valence-electron chi connectivity index (χ1n) is 17.3. The fourth-order valence-electron chi connectivity index (χ4n) is 4.94. The first-order chi connectivity index (χ1) is 23.1. The Labute approximate surface area is 291 Å². The van der Waals surface area contributed by atoms with Gasteiger partial charge in [0.25, 0.3) is 0 Å². The van der Waals surface area contributed by atoms with Crippen LogP contribution in [0.3, 0.4) is 0 Å². The SMILES string of the molecule is CC.CC.CC(C)(C)OC(=O)NCC(=O)N1CCCC1C(N)=O.CCCCC/C=C\C1CC1C(=O)O.O=C(O)N1Cc2cccc(F)c2C1. The first-order valence-corrected chi connectivity index (χ1v) is 17.3. The molecule has 13 heteroatoms. The molecule has 3 unspecified atom stereocenters. The number of nitrogens with one attached hydrogen (secondary N) is 1. The minimum absolute atomic E-state index is 0.0811. The minimum Gasteiger partial charge on any atom is -0.481 e. The molecule has 2 heterocycles. The van der Waals surface area contributed by atoms with Crippen molar-refractivity contribution in [3.05, 3.63) is 47.3 Å². The standard InChI is InChI=1S/C12H21N3O4.C11H18O2.C9H8FNO2.2C2H6/c1-12(2,3)19-11(18)14-7-9(16)15-6-4-5-8(15)10(13)17;1-2-3-4-5-6-7-9-8-10(9)11(12)13;10-8-3-1-2-6-4-11(9(12)13)5-7(6)8;2*1-2/h8H,4-7H2,1-3H3,(H2,13,17)(H,14,18);6-7,9-10H,2-5,8H2,1H3,(H,12,13);1-3H,4-5H2,(H,12,13);2*1-2H3/b;7-6-;;;. The van der Waals surface area contributed by atoms with Crippen LogP contribution in [0.15, 0.2) is 30.4 Å². The second kappa shape index (κ2) is 23.2. The average molecular weight is 695 g/mol. The van der Waals surface area contributed by atoms with E-state index in [9.17, 15) is 28.4 Å². The number of nitrogens with zero attached hydrogens (tertiary/aromatic N) is 2. The molecule has 0 spiro atoms. The van der Waals surface area contributed by atoms with Crippen LogP contribution < -0.4 is 11.1 Å². The number of fused-ring (bicyclic) bond motifs is 1. The van der Waals surface area contributed by atoms with E-state index in [0.717, 1.165) is 24.8 Å². The zero-order valence-electron chi connectivity index (χ0n) is 30.6. The van der Waals surface area contributed by atoms with Crippen molar-refractivity contribution in [1.82, 2.24) is 15.1 Å². The zero-order chi connectivity index (χ0) is 37.7. The molecule has 12 nitrogen and oxygen atoms in total. The molecule has 3 aliphatic rings. The van der Waals surface area contributed by atoms with E-state index < -0.39 is 35.7 Å². The van der Waals surface area contributed by atoms with Gasteiger partial charge in [0.2, 0.25) is 11.8 Å². The average Bonchev–Trinajstić information content (AvgIpc) is 3.43. The molecule has 278 valence electrons. The molecule has 2 fully saturated rings. The van der Waals surface area contributed by atoms with Gasteiger partial charge < -0.3 is 30.9 Å². The number of ether oxygens (including phenoxy) is 1. The number of unbranched alkanes of at least 4 members (excludes halogenated alkanes) is 3. The second-order valence-corrected chi connectivity index (χ2v) is 12.3. The van der Waals surface area contributed by atoms with Gasteiger partial charge in [0.1, 0.15) is 24.0 Å². The van der Waals surface area contributed by atoms with Crippen LogP contribution in [0.2, 0.25) is 0 Å². The number of carboxylic acids is 1. The van der Waals surface area contributed by atoms with Gasteiger partial charge in [-0.2, -0.15) is 0 Å². The molecule has 5 N–H and O–H groups in total. The van der Waals surface area contributed by atoms with Crippen LogP contribution in [-0.4, -0.2) is 74.7 Å². The number of alkyl carbamates (subject to hydrolysis) is 1. The fraction of sp³-hybridized carbons (Fsp3) is 0.639. The summed E-state index contributed by atoms with van der Waals surface area (Å²) in [5, 5.41) is 19.7. The Balaban J connectivity index is 0.000000684. The molecule has 3 atom stereocenters. The molecule has 1 aromatic rings. The Morgan fingerprint density at radius 1 is 1.06 bits per heavy atom. The number of carboxylic acid groups (broad SMARTS) is 2. The maximum Gasteiger partial charge on any atom is 0.408 e. The molecule has 0 aromatic heterocycles. The number of halogens is 1. The lowest BCUT2D eigenvalue weighted by molar-refractivity contribution is -0.138. The van der Waals surface area contributed by atoms with Crippen molar-refractivity contribution in [3.8, 4) is 0 Å². The van der Waals surface area contributed by atoms with Gasteiger partial charge in [-0.3, -0.25) is 19.3 Å². The highest BCUT2D eigenvalue weighted by atomic mass is 19.1. The summed E-state index contributed by atoms with van der Waals surface area (Å²) < 4.78 is 18.1. The molecule has 4 amide bonds. The molecule has 1 aromatic carbocycles. The van der Waals surface area contributed by atoms with Crippen molar-refractivity contribution in [2.45, 2.75) is 125 Å². The van der Waals surface area contributed by atoms with E-state index in [-0.39, 0.29) is 30.7 Å². The minimum atomic E-state index is -1.00. The van der Waals surface area contributed by atoms with Crippen LogP contribution >= 0.6 is 0 Å². The molecule has 49 heavy (non-hydrogen) atoms. The summed E-state index contributed by atoms with van der Waals surface area (Å²) in [6.45, 7) is 16.1. The van der Waals surface area contributed by atoms with E-state index in [4.69, 9.17) is 20.7 Å². The van der Waals surface area contributed by atoms with Gasteiger partial charge >= 0.3 is 18.2 Å². The monoisotopic (exact) mass is 694 g/mol. The van der Waals surface area contributed by atoms with Gasteiger partial charge in [-0.05, 0) is 70.4 Å². The number of hydrogen-bond donors (Lipinski definition) is 4. The van der Waals surface area contributed by atoms with Gasteiger partial charge in [-0.15, -0.1) is 0 Å². The number of allylic oxidation sites excluding steroid dienone is 2. The van der Waals surface area contributed by atoms with Gasteiger partial charge in [0.15, 0.2) is 0 Å². The molecule has 4 rings (SSSR count). The molecule has 1 aliphatic carbocycles. The normalized spacial score (nSPS) is 18.5. The highest BCUT2D eigenvalue weighted by Gasteiger charge is 2.41. The van der Waals surface area contributed by atoms with Crippen LogP contribution in [0.1, 0.15) is 111 Å². The van der Waals surface area contributed by atoms with Crippen molar-refractivity contribution in [2.24, 2.45) is 17.6 Å². The lowest BCUT2D eigenvalue weighted by Crippen LogP contribution is -2.48. The Bertz CT molecular complexity index is 1230. The number of benzene rings is 1. The summed E-state index contributed by atoms with van der Waals surface area (Å²) in [5.41, 5.74) is 5.88. The first kappa shape index (κ1) is 44.8. The third-order valence-electron chi connectivity index (χ3n) is 7.40. The highest BCUT2D eigenvalue weighted by molar-refractivity contribution is 5.89. The summed E-state index contributed by atoms with van der Waals surface area (Å²) in [4.78, 5) is 58.1. The number of likely N-dealkylation sites (tertiary alicyclic amines) is 1. The molecular weight excluding hydrogens is 635 g/mol. The van der Waals surface area contributed by atoms with Crippen molar-refractivity contribution in [2.75, 3.05) is 13.1 Å². The molecule has 1 saturated heterocycles. The number of aliphatic carboxylic acids is 1. The number of carbonyl (C=O) groups excluding carboxylic acids is 3. The van der Waals surface area contributed by atoms with Crippen LogP contribution in [-0.2, 0) is 32.2 Å². The van der Waals surface area contributed by atoms with E-state index >= 15 is 0 Å². The van der Waals surface area contributed by atoms with Crippen molar-refractivity contribution >= 4 is 30.0 Å². The van der Waals surface area contributed by atoms with Gasteiger partial charge in [-0.1, -0.05) is 71.7 Å². The number of rotatable bonds is 9. The lowest BCUT2D eigenvalue weighted by Gasteiger charge is -2.23. The van der Waals surface area contributed by atoms with Crippen molar-refractivity contribution in [1.29, 1.82) is 0 Å². The number of nitrogens with two attached hydrogens (primary N) is 1. The van der Waals surface area contributed by atoms with Gasteiger partial charge in [0.05, 0.1) is 12.5 Å². The molecule has 0 radical (unpaired) electrons. The third kappa shape index (κ3) is 17.2. The topological polar surface area (TPSA) is 180 Å². The molecule has 1 saturated carbocycles. The molecule has 0 bridgehead atoms. The van der Waals surface area contributed by atoms with E-state index in [2.05, 4.69) is 24.4 Å². The quantitative estimate of drug-likeness (QED) is 0.163. The van der Waals surface area contributed by atoms with Gasteiger partial charge in [0, 0.05) is 18.7 Å². The summed E-state index contributed by atoms with van der Waals surface area (Å²) in [6.07, 6.45) is 9.59. The maximum absolute atomic E-state index is 13.1. The predicted molar refractivity (Wildman–Crippen MR) is 187 cm³/mol. The number of primary amides is 1. The van der Waals surface area contributed by atoms with Crippen molar-refractivity contribution < 1.29 is 43.3 Å².